The van der Waals surface area contributed by atoms with Gasteiger partial charge in [-0.15, -0.1) is 0 Å². The molecule has 1 aliphatic rings. The monoisotopic (exact) mass is 249 g/mol. The van der Waals surface area contributed by atoms with Crippen LogP contribution in [0.2, 0.25) is 0 Å². The van der Waals surface area contributed by atoms with Gasteiger partial charge in [0.2, 0.25) is 0 Å². The molecule has 3 N–H and O–H groups in total. The van der Waals surface area contributed by atoms with E-state index in [2.05, 4.69) is 27.1 Å². The van der Waals surface area contributed by atoms with Crippen LogP contribution in [0.1, 0.15) is 26.2 Å². The van der Waals surface area contributed by atoms with Gasteiger partial charge < -0.3 is 16.0 Å². The van der Waals surface area contributed by atoms with Gasteiger partial charge in [0.25, 0.3) is 0 Å². The molecule has 1 heterocycles. The van der Waals surface area contributed by atoms with Crippen molar-refractivity contribution in [3.8, 4) is 0 Å². The van der Waals surface area contributed by atoms with Gasteiger partial charge in [0.1, 0.15) is 18.0 Å². The molecule has 1 aliphatic carbocycles. The number of hydrogen-bond donors (Lipinski definition) is 2. The summed E-state index contributed by atoms with van der Waals surface area (Å²) in [7, 11) is 2.01. The molecule has 0 saturated heterocycles. The molecular formula is C13H23N5. The largest absolute Gasteiger partial charge is 0.370 e. The fraction of sp³-hybridized carbons (Fsp3) is 0.692. The fourth-order valence-corrected chi connectivity index (χ4v) is 1.97. The smallest absolute Gasteiger partial charge is 0.134 e. The van der Waals surface area contributed by atoms with Gasteiger partial charge in [-0.25, -0.2) is 9.97 Å². The van der Waals surface area contributed by atoms with E-state index in [4.69, 9.17) is 5.73 Å². The molecule has 5 heteroatoms. The highest BCUT2D eigenvalue weighted by Crippen LogP contribution is 2.26. The molecule has 0 aromatic carbocycles. The van der Waals surface area contributed by atoms with Crippen molar-refractivity contribution in [1.29, 1.82) is 0 Å². The molecule has 0 aliphatic heterocycles. The number of hydrogen-bond acceptors (Lipinski definition) is 5. The minimum Gasteiger partial charge on any atom is -0.370 e. The molecule has 100 valence electrons. The van der Waals surface area contributed by atoms with Crippen molar-refractivity contribution in [1.82, 2.24) is 9.97 Å². The molecule has 1 saturated carbocycles. The molecule has 1 unspecified atom stereocenters. The fourth-order valence-electron chi connectivity index (χ4n) is 1.97. The third-order valence-electron chi connectivity index (χ3n) is 3.81. The van der Waals surface area contributed by atoms with Crippen LogP contribution in [-0.4, -0.2) is 36.1 Å². The van der Waals surface area contributed by atoms with Crippen LogP contribution in [0.15, 0.2) is 12.4 Å². The molecule has 0 spiro atoms. The summed E-state index contributed by atoms with van der Waals surface area (Å²) in [6.45, 7) is 3.72. The van der Waals surface area contributed by atoms with Gasteiger partial charge in [-0.2, -0.15) is 0 Å². The maximum atomic E-state index is 5.67. The van der Waals surface area contributed by atoms with Gasteiger partial charge in [-0.3, -0.25) is 0 Å². The van der Waals surface area contributed by atoms with Gasteiger partial charge in [0.15, 0.2) is 0 Å². The summed E-state index contributed by atoms with van der Waals surface area (Å²) in [5, 5.41) is 3.39. The lowest BCUT2D eigenvalue weighted by Crippen LogP contribution is -2.35. The van der Waals surface area contributed by atoms with Crippen molar-refractivity contribution < 1.29 is 0 Å². The predicted molar refractivity (Wildman–Crippen MR) is 74.8 cm³/mol. The van der Waals surface area contributed by atoms with Crippen LogP contribution in [0, 0.1) is 5.92 Å². The second-order valence-electron chi connectivity index (χ2n) is 5.13. The number of nitrogens with one attached hydrogen (secondary N) is 1. The highest BCUT2D eigenvalue weighted by molar-refractivity contribution is 5.48. The highest BCUT2D eigenvalue weighted by Gasteiger charge is 2.17. The van der Waals surface area contributed by atoms with Gasteiger partial charge in [-0.05, 0) is 25.7 Å². The van der Waals surface area contributed by atoms with Crippen LogP contribution in [0.4, 0.5) is 11.6 Å². The summed E-state index contributed by atoms with van der Waals surface area (Å²) in [6, 6.07) is 2.27. The van der Waals surface area contributed by atoms with Crippen LogP contribution >= 0.6 is 0 Å². The topological polar surface area (TPSA) is 67.1 Å². The number of nitrogens with two attached hydrogens (primary N) is 1. The van der Waals surface area contributed by atoms with Crippen LogP contribution < -0.4 is 16.0 Å². The molecule has 1 fully saturated rings. The molecule has 1 atom stereocenters. The first-order chi connectivity index (χ1) is 8.70. The Balaban J connectivity index is 1.95. The van der Waals surface area contributed by atoms with E-state index in [1.165, 1.54) is 19.3 Å². The Morgan fingerprint density at radius 3 is 2.89 bits per heavy atom. The third-order valence-corrected chi connectivity index (χ3v) is 3.81. The molecule has 0 bridgehead atoms. The van der Waals surface area contributed by atoms with Crippen LogP contribution in [0.3, 0.4) is 0 Å². The zero-order valence-electron chi connectivity index (χ0n) is 11.3. The lowest BCUT2D eigenvalue weighted by molar-refractivity contribution is 0.333. The first-order valence-corrected chi connectivity index (χ1v) is 6.69. The maximum Gasteiger partial charge on any atom is 0.134 e. The Morgan fingerprint density at radius 1 is 1.50 bits per heavy atom. The highest BCUT2D eigenvalue weighted by atomic mass is 15.2. The SMILES string of the molecule is CC(CN)N(C)c1cc(NCC2CCC2)ncn1. The van der Waals surface area contributed by atoms with Gasteiger partial charge in [-0.1, -0.05) is 6.42 Å². The number of likely N-dealkylation sites (N-methyl/N-ethyl adjacent to an activating group) is 1. The summed E-state index contributed by atoms with van der Waals surface area (Å²) in [5.41, 5.74) is 5.67. The van der Waals surface area contributed by atoms with Crippen molar-refractivity contribution in [2.75, 3.05) is 30.4 Å². The number of aromatic nitrogens is 2. The van der Waals surface area contributed by atoms with Crippen LogP contribution in [0.25, 0.3) is 0 Å². The minimum atomic E-state index is 0.277. The molecule has 2 rings (SSSR count). The molecule has 0 amide bonds. The Hall–Kier alpha value is -1.36. The zero-order chi connectivity index (χ0) is 13.0. The quantitative estimate of drug-likeness (QED) is 0.799. The second-order valence-corrected chi connectivity index (χ2v) is 5.13. The predicted octanol–water partition coefficient (Wildman–Crippen LogP) is 1.47. The average Bonchev–Trinajstić information content (AvgIpc) is 2.35. The van der Waals surface area contributed by atoms with E-state index in [0.717, 1.165) is 24.1 Å². The Kier molecular flexibility index (Phi) is 4.36. The number of anilines is 2. The van der Waals surface area contributed by atoms with Crippen molar-refractivity contribution in [3.63, 3.8) is 0 Å². The Bertz CT molecular complexity index is 377. The Morgan fingerprint density at radius 2 is 2.28 bits per heavy atom. The third kappa shape index (κ3) is 3.10. The zero-order valence-corrected chi connectivity index (χ0v) is 11.3. The number of nitrogens with zero attached hydrogens (tertiary/aromatic N) is 3. The standard InChI is InChI=1S/C13H23N5/c1-10(7-14)18(2)13-6-12(16-9-17-13)15-8-11-4-3-5-11/h6,9-11H,3-5,7-8,14H2,1-2H3,(H,15,16,17). The first-order valence-electron chi connectivity index (χ1n) is 6.69. The summed E-state index contributed by atoms with van der Waals surface area (Å²) in [4.78, 5) is 10.6. The lowest BCUT2D eigenvalue weighted by Gasteiger charge is -2.26. The molecule has 0 radical (unpaired) electrons. The first kappa shape index (κ1) is 13.1. The van der Waals surface area contributed by atoms with Gasteiger partial charge in [0.05, 0.1) is 0 Å². The minimum absolute atomic E-state index is 0.277. The summed E-state index contributed by atoms with van der Waals surface area (Å²) >= 11 is 0. The molecule has 5 nitrogen and oxygen atoms in total. The molecule has 18 heavy (non-hydrogen) atoms. The Labute approximate surface area is 109 Å². The molecular weight excluding hydrogens is 226 g/mol. The van der Waals surface area contributed by atoms with E-state index in [1.54, 1.807) is 6.33 Å². The van der Waals surface area contributed by atoms with E-state index in [0.29, 0.717) is 6.54 Å². The van der Waals surface area contributed by atoms with E-state index in [-0.39, 0.29) is 6.04 Å². The van der Waals surface area contributed by atoms with Crippen LogP contribution in [-0.2, 0) is 0 Å². The normalized spacial score (nSPS) is 17.1. The van der Waals surface area contributed by atoms with Gasteiger partial charge >= 0.3 is 0 Å². The molecule has 1 aromatic heterocycles. The van der Waals surface area contributed by atoms with Crippen molar-refractivity contribution in [3.05, 3.63) is 12.4 Å². The van der Waals surface area contributed by atoms with Crippen LogP contribution in [0.5, 0.6) is 0 Å². The van der Waals surface area contributed by atoms with E-state index in [9.17, 15) is 0 Å². The van der Waals surface area contributed by atoms with Gasteiger partial charge in [0, 0.05) is 32.2 Å². The van der Waals surface area contributed by atoms with Crippen molar-refractivity contribution in [2.24, 2.45) is 11.7 Å². The van der Waals surface area contributed by atoms with Crippen molar-refractivity contribution in [2.45, 2.75) is 32.2 Å². The van der Waals surface area contributed by atoms with E-state index in [1.807, 2.05) is 13.1 Å². The van der Waals surface area contributed by atoms with Crippen molar-refractivity contribution >= 4 is 11.6 Å². The maximum absolute atomic E-state index is 5.67. The summed E-state index contributed by atoms with van der Waals surface area (Å²) < 4.78 is 0. The van der Waals surface area contributed by atoms with E-state index >= 15 is 0 Å². The summed E-state index contributed by atoms with van der Waals surface area (Å²) in [5.74, 6) is 2.64. The van der Waals surface area contributed by atoms with E-state index < -0.39 is 0 Å². The molecule has 1 aromatic rings. The number of rotatable bonds is 6. The lowest BCUT2D eigenvalue weighted by atomic mass is 9.85. The second kappa shape index (κ2) is 6.00. The average molecular weight is 249 g/mol. The summed E-state index contributed by atoms with van der Waals surface area (Å²) in [6.07, 6.45) is 5.67.